The van der Waals surface area contributed by atoms with E-state index in [1.807, 2.05) is 30.3 Å². The third-order valence-electron chi connectivity index (χ3n) is 2.05. The zero-order chi connectivity index (χ0) is 11.8. The van der Waals surface area contributed by atoms with E-state index >= 15 is 0 Å². The summed E-state index contributed by atoms with van der Waals surface area (Å²) in [6.45, 7) is 0.586. The number of nitrogens with zero attached hydrogens (tertiary/aromatic N) is 1. The first-order valence-corrected chi connectivity index (χ1v) is 6.56. The average Bonchev–Trinajstić information content (AvgIpc) is 2.30. The Hall–Kier alpha value is -0.630. The van der Waals surface area contributed by atoms with E-state index < -0.39 is 10.8 Å². The Labute approximate surface area is 122 Å². The van der Waals surface area contributed by atoms with Gasteiger partial charge in [-0.05, 0) is 5.56 Å². The van der Waals surface area contributed by atoms with Crippen molar-refractivity contribution < 1.29 is 4.21 Å². The van der Waals surface area contributed by atoms with E-state index in [0.717, 1.165) is 5.56 Å². The summed E-state index contributed by atoms with van der Waals surface area (Å²) in [6.07, 6.45) is 0. The third-order valence-corrected chi connectivity index (χ3v) is 3.36. The number of guanidine groups is 1. The van der Waals surface area contributed by atoms with Gasteiger partial charge in [-0.2, -0.15) is 0 Å². The molecule has 1 rings (SSSR count). The summed E-state index contributed by atoms with van der Waals surface area (Å²) in [5.74, 6) is 1.55. The average molecular weight is 367 g/mol. The Kier molecular flexibility index (Phi) is 9.06. The molecule has 0 aliphatic carbocycles. The summed E-state index contributed by atoms with van der Waals surface area (Å²) in [7, 11) is 0.752. The minimum absolute atomic E-state index is 0. The molecule has 0 heterocycles. The molecule has 0 spiro atoms. The van der Waals surface area contributed by atoms with Crippen molar-refractivity contribution in [1.82, 2.24) is 5.32 Å². The van der Waals surface area contributed by atoms with Crippen LogP contribution in [-0.4, -0.2) is 29.5 Å². The van der Waals surface area contributed by atoms with Crippen molar-refractivity contribution in [3.05, 3.63) is 35.9 Å². The number of hydrogen-bond acceptors (Lipinski definition) is 2. The lowest BCUT2D eigenvalue weighted by Crippen LogP contribution is -2.34. The number of rotatable bonds is 5. The molecule has 0 aliphatic rings. The molecule has 1 atom stereocenters. The smallest absolute Gasteiger partial charge is 0.188 e. The van der Waals surface area contributed by atoms with Crippen LogP contribution in [0.5, 0.6) is 0 Å². The highest BCUT2D eigenvalue weighted by molar-refractivity contribution is 14.0. The lowest BCUT2D eigenvalue weighted by Gasteiger charge is -2.05. The highest BCUT2D eigenvalue weighted by Crippen LogP contribution is 2.02. The van der Waals surface area contributed by atoms with Gasteiger partial charge in [0, 0.05) is 35.9 Å². The highest BCUT2D eigenvalue weighted by Gasteiger charge is 2.01. The van der Waals surface area contributed by atoms with Gasteiger partial charge in [0.2, 0.25) is 0 Å². The summed E-state index contributed by atoms with van der Waals surface area (Å²) in [5.41, 5.74) is 6.55. The Balaban J connectivity index is 0.00000256. The van der Waals surface area contributed by atoms with E-state index in [1.54, 1.807) is 7.05 Å². The number of nitrogens with two attached hydrogens (primary N) is 1. The molecular formula is C11H18IN3OS. The lowest BCUT2D eigenvalue weighted by molar-refractivity contribution is 0.681. The van der Waals surface area contributed by atoms with Crippen molar-refractivity contribution in [2.24, 2.45) is 10.7 Å². The first-order valence-electron chi connectivity index (χ1n) is 5.07. The molecular weight excluding hydrogens is 349 g/mol. The maximum Gasteiger partial charge on any atom is 0.188 e. The minimum Gasteiger partial charge on any atom is -0.370 e. The minimum atomic E-state index is -0.862. The molecule has 0 fully saturated rings. The normalized spacial score (nSPS) is 12.6. The SMILES string of the molecule is CN=C(N)NCCS(=O)Cc1ccccc1.I. The van der Waals surface area contributed by atoms with Gasteiger partial charge < -0.3 is 11.1 Å². The topological polar surface area (TPSA) is 67.5 Å². The Morgan fingerprint density at radius 2 is 2.06 bits per heavy atom. The highest BCUT2D eigenvalue weighted by atomic mass is 127. The second kappa shape index (κ2) is 9.41. The van der Waals surface area contributed by atoms with Crippen molar-refractivity contribution in [3.63, 3.8) is 0 Å². The molecule has 0 radical (unpaired) electrons. The monoisotopic (exact) mass is 367 g/mol. The third kappa shape index (κ3) is 7.32. The fourth-order valence-corrected chi connectivity index (χ4v) is 2.24. The van der Waals surface area contributed by atoms with Crippen molar-refractivity contribution >= 4 is 40.7 Å². The van der Waals surface area contributed by atoms with E-state index in [4.69, 9.17) is 5.73 Å². The molecule has 6 heteroatoms. The van der Waals surface area contributed by atoms with E-state index in [-0.39, 0.29) is 24.0 Å². The molecule has 0 amide bonds. The summed E-state index contributed by atoms with van der Waals surface area (Å²) in [6, 6.07) is 9.81. The van der Waals surface area contributed by atoms with Gasteiger partial charge in [0.05, 0.1) is 0 Å². The predicted molar refractivity (Wildman–Crippen MR) is 84.1 cm³/mol. The van der Waals surface area contributed by atoms with Gasteiger partial charge in [0.1, 0.15) is 0 Å². The van der Waals surface area contributed by atoms with Crippen LogP contribution in [0.15, 0.2) is 35.3 Å². The number of aliphatic imine (C=N–C) groups is 1. The summed E-state index contributed by atoms with van der Waals surface area (Å²) < 4.78 is 11.7. The Morgan fingerprint density at radius 1 is 1.41 bits per heavy atom. The number of benzene rings is 1. The van der Waals surface area contributed by atoms with Crippen molar-refractivity contribution in [3.8, 4) is 0 Å². The lowest BCUT2D eigenvalue weighted by atomic mass is 10.2. The molecule has 1 aromatic carbocycles. The zero-order valence-corrected chi connectivity index (χ0v) is 12.9. The van der Waals surface area contributed by atoms with Crippen molar-refractivity contribution in [2.45, 2.75) is 5.75 Å². The fourth-order valence-electron chi connectivity index (χ4n) is 1.20. The summed E-state index contributed by atoms with van der Waals surface area (Å²) in [5, 5.41) is 2.88. The second-order valence-corrected chi connectivity index (χ2v) is 4.89. The molecule has 0 saturated heterocycles. The molecule has 0 bridgehead atoms. The number of halogens is 1. The van der Waals surface area contributed by atoms with Crippen molar-refractivity contribution in [1.29, 1.82) is 0 Å². The van der Waals surface area contributed by atoms with Crippen LogP contribution in [0.1, 0.15) is 5.56 Å². The standard InChI is InChI=1S/C11H17N3OS.HI/c1-13-11(12)14-7-8-16(15)9-10-5-3-2-4-6-10;/h2-6H,7-9H2,1H3,(H3,12,13,14);1H. The Bertz CT molecular complexity index is 370. The molecule has 0 aliphatic heterocycles. The van der Waals surface area contributed by atoms with Crippen LogP contribution in [0, 0.1) is 0 Å². The molecule has 1 unspecified atom stereocenters. The Morgan fingerprint density at radius 3 is 2.65 bits per heavy atom. The van der Waals surface area contributed by atoms with Gasteiger partial charge in [0.25, 0.3) is 0 Å². The van der Waals surface area contributed by atoms with Crippen LogP contribution in [0.2, 0.25) is 0 Å². The van der Waals surface area contributed by atoms with E-state index in [9.17, 15) is 4.21 Å². The van der Waals surface area contributed by atoms with Gasteiger partial charge in [-0.25, -0.2) is 0 Å². The number of nitrogens with one attached hydrogen (secondary N) is 1. The van der Waals surface area contributed by atoms with E-state index in [2.05, 4.69) is 10.3 Å². The van der Waals surface area contributed by atoms with Gasteiger partial charge in [-0.15, -0.1) is 24.0 Å². The number of hydrogen-bond donors (Lipinski definition) is 2. The van der Waals surface area contributed by atoms with E-state index in [0.29, 0.717) is 24.0 Å². The first kappa shape index (κ1) is 16.4. The molecule has 0 aromatic heterocycles. The van der Waals surface area contributed by atoms with Gasteiger partial charge in [-0.1, -0.05) is 30.3 Å². The maximum atomic E-state index is 11.7. The van der Waals surface area contributed by atoms with Gasteiger partial charge in [-0.3, -0.25) is 9.20 Å². The van der Waals surface area contributed by atoms with Crippen molar-refractivity contribution in [2.75, 3.05) is 19.3 Å². The summed E-state index contributed by atoms with van der Waals surface area (Å²) >= 11 is 0. The van der Waals surface area contributed by atoms with Crippen LogP contribution >= 0.6 is 24.0 Å². The predicted octanol–water partition coefficient (Wildman–Crippen LogP) is 1.09. The fraction of sp³-hybridized carbons (Fsp3) is 0.364. The van der Waals surface area contributed by atoms with Crippen LogP contribution in [0.4, 0.5) is 0 Å². The maximum absolute atomic E-state index is 11.7. The first-order chi connectivity index (χ1) is 7.72. The molecule has 1 aromatic rings. The van der Waals surface area contributed by atoms with Crippen LogP contribution in [0.25, 0.3) is 0 Å². The molecule has 96 valence electrons. The van der Waals surface area contributed by atoms with Gasteiger partial charge in [0.15, 0.2) is 5.96 Å². The molecule has 0 saturated carbocycles. The van der Waals surface area contributed by atoms with Crippen LogP contribution < -0.4 is 11.1 Å². The van der Waals surface area contributed by atoms with E-state index in [1.165, 1.54) is 0 Å². The quantitative estimate of drug-likeness (QED) is 0.465. The van der Waals surface area contributed by atoms with Crippen LogP contribution in [-0.2, 0) is 16.6 Å². The molecule has 4 nitrogen and oxygen atoms in total. The van der Waals surface area contributed by atoms with Gasteiger partial charge >= 0.3 is 0 Å². The molecule has 17 heavy (non-hydrogen) atoms. The second-order valence-electron chi connectivity index (χ2n) is 3.31. The molecule has 3 N–H and O–H groups in total. The van der Waals surface area contributed by atoms with Crippen LogP contribution in [0.3, 0.4) is 0 Å². The zero-order valence-electron chi connectivity index (χ0n) is 9.76. The summed E-state index contributed by atoms with van der Waals surface area (Å²) in [4.78, 5) is 3.75. The largest absolute Gasteiger partial charge is 0.370 e.